The fourth-order valence-electron chi connectivity index (χ4n) is 2.56. The molecule has 10 nitrogen and oxygen atoms in total. The molecule has 2 aliphatic heterocycles. The van der Waals surface area contributed by atoms with Crippen molar-refractivity contribution >= 4 is 0 Å². The van der Waals surface area contributed by atoms with Crippen molar-refractivity contribution in [2.75, 3.05) is 0 Å². The van der Waals surface area contributed by atoms with Crippen molar-refractivity contribution in [2.24, 2.45) is 20.7 Å². The standard InChI is InChI=1S/C12H16N6O4/c1-6-5-18(12(21)13-11(6)20)10-4-7(19)8(22-10)2-3-9-14-16-17-15-9/h5,7-10,19H,2-4H2,1H3,(H,13,20,21)/t7-,8+,10+/m0/s1. The van der Waals surface area contributed by atoms with Crippen LogP contribution in [0.2, 0.25) is 0 Å². The van der Waals surface area contributed by atoms with Crippen molar-refractivity contribution < 1.29 is 9.84 Å². The van der Waals surface area contributed by atoms with Gasteiger partial charge in [0.15, 0.2) is 6.17 Å². The summed E-state index contributed by atoms with van der Waals surface area (Å²) in [5, 5.41) is 24.5. The minimum atomic E-state index is -0.695. The molecule has 2 N–H and O–H groups in total. The van der Waals surface area contributed by atoms with Gasteiger partial charge in [-0.1, -0.05) is 0 Å². The highest BCUT2D eigenvalue weighted by Crippen LogP contribution is 2.31. The molecule has 1 fully saturated rings. The van der Waals surface area contributed by atoms with E-state index in [0.717, 1.165) is 0 Å². The summed E-state index contributed by atoms with van der Waals surface area (Å²) in [5.41, 5.74) is -0.562. The summed E-state index contributed by atoms with van der Waals surface area (Å²) in [6.45, 7) is 1.60. The molecule has 3 atom stereocenters. The van der Waals surface area contributed by atoms with Crippen molar-refractivity contribution in [1.82, 2.24) is 9.55 Å². The van der Waals surface area contributed by atoms with E-state index >= 15 is 0 Å². The highest BCUT2D eigenvalue weighted by Gasteiger charge is 2.35. The number of hydrogen-bond donors (Lipinski definition) is 2. The molecular weight excluding hydrogens is 292 g/mol. The molecule has 0 spiro atoms. The quantitative estimate of drug-likeness (QED) is 0.834. The maximum atomic E-state index is 11.9. The number of aromatic amines is 1. The zero-order valence-corrected chi connectivity index (χ0v) is 11.9. The number of H-pyrrole nitrogens is 1. The Kier molecular flexibility index (Phi) is 3.94. The lowest BCUT2D eigenvalue weighted by molar-refractivity contribution is -0.0257. The number of ether oxygens (including phenoxy) is 1. The SMILES string of the molecule is Cc1cn([C@H]2C[C@H](O)[C@@H](CCC3N=NN=N3)O2)c(=O)[nH]c1=O. The van der Waals surface area contributed by atoms with E-state index < -0.39 is 29.7 Å². The van der Waals surface area contributed by atoms with Crippen LogP contribution in [0.25, 0.3) is 0 Å². The van der Waals surface area contributed by atoms with Crippen LogP contribution in [0, 0.1) is 6.92 Å². The van der Waals surface area contributed by atoms with Gasteiger partial charge < -0.3 is 9.84 Å². The number of hydrogen-bond acceptors (Lipinski definition) is 8. The van der Waals surface area contributed by atoms with Gasteiger partial charge >= 0.3 is 5.69 Å². The minimum absolute atomic E-state index is 0.282. The molecule has 0 saturated carbocycles. The van der Waals surface area contributed by atoms with Crippen molar-refractivity contribution in [3.63, 3.8) is 0 Å². The first-order valence-electron chi connectivity index (χ1n) is 7.00. The molecule has 3 rings (SSSR count). The number of aliphatic hydroxyl groups excluding tert-OH is 1. The van der Waals surface area contributed by atoms with Crippen LogP contribution in [-0.2, 0) is 4.74 Å². The predicted molar refractivity (Wildman–Crippen MR) is 73.3 cm³/mol. The third-order valence-electron chi connectivity index (χ3n) is 3.78. The summed E-state index contributed by atoms with van der Waals surface area (Å²) in [6.07, 6.45) is 0.764. The number of rotatable bonds is 4. The second-order valence-electron chi connectivity index (χ2n) is 5.38. The van der Waals surface area contributed by atoms with E-state index in [2.05, 4.69) is 25.7 Å². The van der Waals surface area contributed by atoms with Gasteiger partial charge in [-0.2, -0.15) is 0 Å². The molecule has 118 valence electrons. The van der Waals surface area contributed by atoms with Gasteiger partial charge in [0, 0.05) is 18.2 Å². The number of nitrogens with one attached hydrogen (secondary N) is 1. The summed E-state index contributed by atoms with van der Waals surface area (Å²) in [4.78, 5) is 25.5. The average molecular weight is 308 g/mol. The van der Waals surface area contributed by atoms with Crippen molar-refractivity contribution in [3.05, 3.63) is 32.6 Å². The van der Waals surface area contributed by atoms with Crippen LogP contribution >= 0.6 is 0 Å². The predicted octanol–water partition coefficient (Wildman–Crippen LogP) is 0.433. The summed E-state index contributed by atoms with van der Waals surface area (Å²) in [5.74, 6) is 0. The van der Waals surface area contributed by atoms with Gasteiger partial charge in [0.05, 0.1) is 12.2 Å². The molecule has 0 aromatic carbocycles. The molecule has 1 saturated heterocycles. The Morgan fingerprint density at radius 1 is 1.36 bits per heavy atom. The Balaban J connectivity index is 1.68. The number of aliphatic hydroxyl groups is 1. The lowest BCUT2D eigenvalue weighted by Gasteiger charge is -2.16. The molecule has 0 radical (unpaired) electrons. The monoisotopic (exact) mass is 308 g/mol. The van der Waals surface area contributed by atoms with Crippen LogP contribution < -0.4 is 11.2 Å². The largest absolute Gasteiger partial charge is 0.390 e. The van der Waals surface area contributed by atoms with E-state index in [9.17, 15) is 14.7 Å². The molecule has 0 aliphatic carbocycles. The molecule has 1 aromatic heterocycles. The van der Waals surface area contributed by atoms with Gasteiger partial charge in [-0.15, -0.1) is 10.2 Å². The number of nitrogens with zero attached hydrogens (tertiary/aromatic N) is 5. The Labute approximate surface area is 124 Å². The molecule has 3 heterocycles. The summed E-state index contributed by atoms with van der Waals surface area (Å²) in [6, 6.07) is 0. The Morgan fingerprint density at radius 2 is 2.09 bits per heavy atom. The summed E-state index contributed by atoms with van der Waals surface area (Å²) in [7, 11) is 0. The highest BCUT2D eigenvalue weighted by molar-refractivity contribution is 5.02. The van der Waals surface area contributed by atoms with E-state index in [1.807, 2.05) is 0 Å². The lowest BCUT2D eigenvalue weighted by Crippen LogP contribution is -2.33. The second kappa shape index (κ2) is 5.89. The summed E-state index contributed by atoms with van der Waals surface area (Å²) < 4.78 is 7.04. The molecule has 0 unspecified atom stereocenters. The van der Waals surface area contributed by atoms with Crippen LogP contribution in [0.15, 0.2) is 36.5 Å². The van der Waals surface area contributed by atoms with Crippen LogP contribution in [0.5, 0.6) is 0 Å². The van der Waals surface area contributed by atoms with Crippen molar-refractivity contribution in [3.8, 4) is 0 Å². The molecule has 0 bridgehead atoms. The van der Waals surface area contributed by atoms with E-state index in [1.165, 1.54) is 10.8 Å². The van der Waals surface area contributed by atoms with Crippen LogP contribution in [0.4, 0.5) is 0 Å². The Bertz CT molecular complexity index is 711. The average Bonchev–Trinajstić information content (AvgIpc) is 3.10. The Hall–Kier alpha value is -2.20. The van der Waals surface area contributed by atoms with Crippen molar-refractivity contribution in [2.45, 2.75) is 50.8 Å². The molecular formula is C12H16N6O4. The molecule has 1 aromatic rings. The molecule has 10 heteroatoms. The fourth-order valence-corrected chi connectivity index (χ4v) is 2.56. The third-order valence-corrected chi connectivity index (χ3v) is 3.78. The highest BCUT2D eigenvalue weighted by atomic mass is 16.5. The number of aryl methyl sites for hydroxylation is 1. The maximum absolute atomic E-state index is 11.9. The summed E-state index contributed by atoms with van der Waals surface area (Å²) >= 11 is 0. The van der Waals surface area contributed by atoms with Crippen molar-refractivity contribution in [1.29, 1.82) is 0 Å². The fraction of sp³-hybridized carbons (Fsp3) is 0.667. The smallest absolute Gasteiger partial charge is 0.330 e. The first-order valence-corrected chi connectivity index (χ1v) is 7.00. The molecule has 2 aliphatic rings. The van der Waals surface area contributed by atoms with Gasteiger partial charge in [-0.05, 0) is 30.2 Å². The molecule has 0 amide bonds. The van der Waals surface area contributed by atoms with E-state index in [0.29, 0.717) is 18.4 Å². The van der Waals surface area contributed by atoms with E-state index in [-0.39, 0.29) is 12.6 Å². The van der Waals surface area contributed by atoms with Crippen LogP contribution in [-0.4, -0.2) is 33.0 Å². The van der Waals surface area contributed by atoms with E-state index in [1.54, 1.807) is 6.92 Å². The maximum Gasteiger partial charge on any atom is 0.330 e. The molecule has 22 heavy (non-hydrogen) atoms. The normalized spacial score (nSPS) is 27.8. The second-order valence-corrected chi connectivity index (χ2v) is 5.38. The Morgan fingerprint density at radius 3 is 2.82 bits per heavy atom. The number of aromatic nitrogens is 2. The van der Waals surface area contributed by atoms with Crippen LogP contribution in [0.3, 0.4) is 0 Å². The zero-order valence-electron chi connectivity index (χ0n) is 11.9. The van der Waals surface area contributed by atoms with Gasteiger partial charge in [-0.3, -0.25) is 14.3 Å². The first kappa shape index (κ1) is 14.7. The van der Waals surface area contributed by atoms with Gasteiger partial charge in [0.1, 0.15) is 6.23 Å². The first-order chi connectivity index (χ1) is 10.5. The topological polar surface area (TPSA) is 134 Å². The van der Waals surface area contributed by atoms with Crippen LogP contribution in [0.1, 0.15) is 31.1 Å². The zero-order chi connectivity index (χ0) is 15.7. The lowest BCUT2D eigenvalue weighted by atomic mass is 10.1. The minimum Gasteiger partial charge on any atom is -0.390 e. The third kappa shape index (κ3) is 2.88. The van der Waals surface area contributed by atoms with E-state index in [4.69, 9.17) is 4.74 Å². The van der Waals surface area contributed by atoms with Gasteiger partial charge in [0.25, 0.3) is 5.56 Å². The van der Waals surface area contributed by atoms with Gasteiger partial charge in [0.2, 0.25) is 0 Å². The van der Waals surface area contributed by atoms with Gasteiger partial charge in [-0.25, -0.2) is 4.79 Å².